The van der Waals surface area contributed by atoms with Gasteiger partial charge in [0.2, 0.25) is 11.4 Å². The number of benzene rings is 2. The summed E-state index contributed by atoms with van der Waals surface area (Å²) in [6.45, 7) is 13.8. The Bertz CT molecular complexity index is 1390. The fraction of sp³-hybridized carbons (Fsp3) is 0.673. The molecule has 0 bridgehead atoms. The monoisotopic (exact) mass is 910 g/mol. The Balaban J connectivity index is 0.00000325. The van der Waals surface area contributed by atoms with Gasteiger partial charge in [0.05, 0.1) is 0 Å². The van der Waals surface area contributed by atoms with Crippen LogP contribution in [0.15, 0.2) is 47.5 Å². The third-order valence-corrected chi connectivity index (χ3v) is 11.3. The molecule has 1 aliphatic rings. The predicted octanol–water partition coefficient (Wildman–Crippen LogP) is 17.8. The van der Waals surface area contributed by atoms with E-state index < -0.39 is 0 Å². The van der Waals surface area contributed by atoms with Crippen LogP contribution < -0.4 is 0 Å². The van der Waals surface area contributed by atoms with Crippen LogP contribution in [0.1, 0.15) is 223 Å². The normalized spacial score (nSPS) is 13.0. The van der Waals surface area contributed by atoms with Crippen molar-refractivity contribution < 1.29 is 15.6 Å². The number of allylic oxidation sites excluding steroid dienone is 2. The summed E-state index contributed by atoms with van der Waals surface area (Å²) in [6.07, 6.45) is 33.6. The van der Waals surface area contributed by atoms with E-state index in [1.54, 1.807) is 4.70 Å². The van der Waals surface area contributed by atoms with Crippen LogP contribution in [-0.4, -0.2) is 4.70 Å². The van der Waals surface area contributed by atoms with E-state index in [9.17, 15) is 5.53 Å². The van der Waals surface area contributed by atoms with Gasteiger partial charge in [-0.15, -0.1) is 0 Å². The molecule has 5 heteroatoms. The van der Waals surface area contributed by atoms with Crippen molar-refractivity contribution in [2.24, 2.45) is 0 Å². The fourth-order valence-electron chi connectivity index (χ4n) is 8.13. The topological polar surface area (TPSA) is 25.3 Å². The summed E-state index contributed by atoms with van der Waals surface area (Å²) < 4.78 is 1.67. The van der Waals surface area contributed by atoms with E-state index in [1.807, 2.05) is 0 Å². The standard InChI is InChI=1S/C49H78N2.2BrH.Ni/c1-7-13-17-20-23-27-30-42-34-40(11-5)36-44(38-42)48-46(32-26-16-10-4)47(33-29-25-22-19-15-9-3)49(51(48)50)45-37-41(12-6)35-43(39-45)31-28-24-21-18-14-8-2;;;/h34-39H,7-33H2,1-6H3;2*1H;/q;;;+2/p-2. The minimum atomic E-state index is 1.02. The van der Waals surface area contributed by atoms with Gasteiger partial charge in [-0.1, -0.05) is 163 Å². The SMILES string of the molecule is CCCCCCCCC1=C(c2cc(CC)cc(CCCCCCCC)c2)[N+](=[N-])C(c2cc(CC)cc(CCCCCCCC)c2)=C1CCCCC.[Br][Ni][Br]. The van der Waals surface area contributed by atoms with Gasteiger partial charge in [0.15, 0.2) is 0 Å². The molecular weight excluding hydrogens is 835 g/mol. The summed E-state index contributed by atoms with van der Waals surface area (Å²) in [5, 5.41) is 0. The predicted molar refractivity (Wildman–Crippen MR) is 243 cm³/mol. The van der Waals surface area contributed by atoms with Gasteiger partial charge in [0.25, 0.3) is 0 Å². The van der Waals surface area contributed by atoms with E-state index in [0.717, 1.165) is 49.9 Å². The molecule has 2 aromatic carbocycles. The zero-order chi connectivity index (χ0) is 39.4. The first-order chi connectivity index (χ1) is 26.4. The maximum absolute atomic E-state index is 12.5. The molecule has 1 heterocycles. The Hall–Kier alpha value is -1.03. The molecule has 0 aliphatic carbocycles. The van der Waals surface area contributed by atoms with E-state index in [2.05, 4.69) is 106 Å². The van der Waals surface area contributed by atoms with Crippen LogP contribution in [0.25, 0.3) is 16.9 Å². The van der Waals surface area contributed by atoms with Crippen LogP contribution in [0, 0.1) is 0 Å². The Labute approximate surface area is 354 Å². The average molecular weight is 914 g/mol. The molecule has 0 amide bonds. The first-order valence-electron chi connectivity index (χ1n) is 22.5. The van der Waals surface area contributed by atoms with Crippen molar-refractivity contribution in [1.82, 2.24) is 0 Å². The van der Waals surface area contributed by atoms with Crippen molar-refractivity contribution in [2.45, 2.75) is 215 Å². The average Bonchev–Trinajstić information content (AvgIpc) is 3.46. The summed E-state index contributed by atoms with van der Waals surface area (Å²) in [4.78, 5) is 0. The van der Waals surface area contributed by atoms with Crippen molar-refractivity contribution in [3.63, 3.8) is 0 Å². The van der Waals surface area contributed by atoms with E-state index >= 15 is 0 Å². The van der Waals surface area contributed by atoms with Crippen molar-refractivity contribution in [3.8, 4) is 0 Å². The summed E-state index contributed by atoms with van der Waals surface area (Å²) in [5.74, 6) is 0. The van der Waals surface area contributed by atoms with Crippen LogP contribution in [0.3, 0.4) is 0 Å². The molecule has 0 N–H and O–H groups in total. The van der Waals surface area contributed by atoms with Gasteiger partial charge in [0.1, 0.15) is 0 Å². The number of halogens is 2. The Morgan fingerprint density at radius 2 is 0.685 bits per heavy atom. The second kappa shape index (κ2) is 31.0. The zero-order valence-corrected chi connectivity index (χ0v) is 39.7. The van der Waals surface area contributed by atoms with E-state index in [4.69, 9.17) is 0 Å². The molecule has 0 unspecified atom stereocenters. The summed E-state index contributed by atoms with van der Waals surface area (Å²) in [5.41, 5.74) is 25.6. The first-order valence-corrected chi connectivity index (χ1v) is 27.3. The number of hydrogen-bond donors (Lipinski definition) is 0. The molecule has 0 saturated carbocycles. The van der Waals surface area contributed by atoms with Crippen LogP contribution >= 0.6 is 28.5 Å². The van der Waals surface area contributed by atoms with Crippen LogP contribution in [0.4, 0.5) is 0 Å². The van der Waals surface area contributed by atoms with Crippen molar-refractivity contribution in [2.75, 3.05) is 0 Å². The van der Waals surface area contributed by atoms with Gasteiger partial charge in [-0.25, -0.2) is 4.70 Å². The van der Waals surface area contributed by atoms with Crippen LogP contribution in [-0.2, 0) is 36.6 Å². The first kappa shape index (κ1) is 49.1. The Morgan fingerprint density at radius 1 is 0.407 bits per heavy atom. The number of rotatable bonds is 29. The quantitative estimate of drug-likeness (QED) is 0.0441. The van der Waals surface area contributed by atoms with Crippen molar-refractivity contribution in [3.05, 3.63) is 86.5 Å². The molecule has 0 atom stereocenters. The summed E-state index contributed by atoms with van der Waals surface area (Å²) >= 11 is 6.00. The molecule has 308 valence electrons. The molecular formula is C49H78Br2N2Ni. The van der Waals surface area contributed by atoms with Gasteiger partial charge in [-0.3, -0.25) is 0 Å². The second-order valence-corrected chi connectivity index (χ2v) is 20.8. The van der Waals surface area contributed by atoms with Gasteiger partial charge in [0, 0.05) is 22.3 Å². The van der Waals surface area contributed by atoms with Gasteiger partial charge >= 0.3 is 39.3 Å². The molecule has 3 rings (SSSR count). The Morgan fingerprint density at radius 3 is 1.04 bits per heavy atom. The molecule has 1 aliphatic heterocycles. The minimum absolute atomic E-state index is 1.02. The van der Waals surface area contributed by atoms with Gasteiger partial charge < -0.3 is 5.53 Å². The van der Waals surface area contributed by atoms with Gasteiger partial charge in [-0.05, 0) is 111 Å². The third kappa shape index (κ3) is 18.1. The van der Waals surface area contributed by atoms with E-state index in [-0.39, 0.29) is 0 Å². The molecule has 2 nitrogen and oxygen atoms in total. The number of hydrogen-bond acceptors (Lipinski definition) is 0. The van der Waals surface area contributed by atoms with Gasteiger partial charge in [-0.2, -0.15) is 0 Å². The number of unbranched alkanes of at least 4 members (excludes halogenated alkanes) is 17. The molecule has 0 radical (unpaired) electrons. The second-order valence-electron chi connectivity index (χ2n) is 15.8. The summed E-state index contributed by atoms with van der Waals surface area (Å²) in [6, 6.07) is 14.5. The van der Waals surface area contributed by atoms with Crippen LogP contribution in [0.2, 0.25) is 0 Å². The van der Waals surface area contributed by atoms with Crippen molar-refractivity contribution >= 4 is 39.8 Å². The molecule has 0 saturated heterocycles. The van der Waals surface area contributed by atoms with E-state index in [0.29, 0.717) is 0 Å². The summed E-state index contributed by atoms with van der Waals surface area (Å²) in [7, 11) is 1.25. The maximum atomic E-state index is 12.5. The molecule has 0 aromatic heterocycles. The van der Waals surface area contributed by atoms with Crippen LogP contribution in [0.5, 0.6) is 0 Å². The fourth-order valence-corrected chi connectivity index (χ4v) is 8.13. The third-order valence-electron chi connectivity index (χ3n) is 11.3. The number of aryl methyl sites for hydroxylation is 4. The molecule has 2 aromatic rings. The zero-order valence-electron chi connectivity index (χ0n) is 35.5. The molecule has 0 spiro atoms. The molecule has 0 fully saturated rings. The number of nitrogens with zero attached hydrogens (tertiary/aromatic N) is 2. The van der Waals surface area contributed by atoms with Crippen molar-refractivity contribution in [1.29, 1.82) is 0 Å². The molecule has 54 heavy (non-hydrogen) atoms. The van der Waals surface area contributed by atoms with E-state index in [1.165, 1.54) is 190 Å². The Kier molecular flexibility index (Phi) is 28.2.